The summed E-state index contributed by atoms with van der Waals surface area (Å²) in [6.07, 6.45) is 1.26. The highest BCUT2D eigenvalue weighted by Gasteiger charge is 2.12. The number of nitrogens with zero attached hydrogens (tertiary/aromatic N) is 2. The van der Waals surface area contributed by atoms with Crippen LogP contribution in [0.25, 0.3) is 0 Å². The van der Waals surface area contributed by atoms with Crippen molar-refractivity contribution < 1.29 is 19.7 Å². The molecule has 20 heavy (non-hydrogen) atoms. The fraction of sp³-hybridized carbons (Fsp3) is 0.250. The van der Waals surface area contributed by atoms with E-state index in [0.29, 0.717) is 24.6 Å². The number of carboxylic acid groups (broad SMARTS) is 1. The minimum atomic E-state index is -1.33. The lowest BCUT2D eigenvalue weighted by Crippen LogP contribution is -2.04. The van der Waals surface area contributed by atoms with Crippen LogP contribution in [0.15, 0.2) is 36.0 Å². The molecule has 1 rings (SSSR count). The fourth-order valence-corrected chi connectivity index (χ4v) is 1.66. The molecular formula is C12H12N2O6. The molecule has 0 bridgehead atoms. The van der Waals surface area contributed by atoms with Crippen LogP contribution in [0, 0.1) is 20.2 Å². The number of aliphatic carboxylic acids is 1. The largest absolute Gasteiger partial charge is 0.478 e. The molecule has 1 N–H and O–H groups in total. The first-order chi connectivity index (χ1) is 9.40. The lowest BCUT2D eigenvalue weighted by atomic mass is 10.0. The summed E-state index contributed by atoms with van der Waals surface area (Å²) in [6.45, 7) is 0. The van der Waals surface area contributed by atoms with Gasteiger partial charge in [0.2, 0.25) is 6.20 Å². The molecule has 0 spiro atoms. The van der Waals surface area contributed by atoms with Crippen molar-refractivity contribution in [3.05, 3.63) is 61.8 Å². The van der Waals surface area contributed by atoms with Gasteiger partial charge in [0.25, 0.3) is 5.69 Å². The van der Waals surface area contributed by atoms with Gasteiger partial charge in [-0.25, -0.2) is 4.79 Å². The molecule has 0 aliphatic carbocycles. The number of aryl methyl sites for hydroxylation is 1. The van der Waals surface area contributed by atoms with Crippen LogP contribution in [0.2, 0.25) is 0 Å². The summed E-state index contributed by atoms with van der Waals surface area (Å²) in [6, 6.07) is 5.99. The van der Waals surface area contributed by atoms with Crippen molar-refractivity contribution >= 4 is 11.7 Å². The molecule has 0 radical (unpaired) electrons. The van der Waals surface area contributed by atoms with E-state index in [0.717, 1.165) is 0 Å². The van der Waals surface area contributed by atoms with E-state index >= 15 is 0 Å². The van der Waals surface area contributed by atoms with Gasteiger partial charge in [-0.15, -0.1) is 0 Å². The summed E-state index contributed by atoms with van der Waals surface area (Å²) < 4.78 is 0. The molecular weight excluding hydrogens is 268 g/mol. The Kier molecular flexibility index (Phi) is 5.33. The molecule has 0 amide bonds. The zero-order valence-corrected chi connectivity index (χ0v) is 10.4. The number of nitro groups is 2. The van der Waals surface area contributed by atoms with Crippen molar-refractivity contribution in [2.24, 2.45) is 0 Å². The molecule has 0 unspecified atom stereocenters. The van der Waals surface area contributed by atoms with E-state index in [1.165, 1.54) is 12.1 Å². The minimum Gasteiger partial charge on any atom is -0.478 e. The quantitative estimate of drug-likeness (QED) is 0.463. The van der Waals surface area contributed by atoms with E-state index in [9.17, 15) is 25.0 Å². The molecule has 0 aliphatic heterocycles. The van der Waals surface area contributed by atoms with Gasteiger partial charge in [-0.05, 0) is 24.8 Å². The first kappa shape index (κ1) is 15.3. The maximum Gasteiger partial charge on any atom is 0.337 e. The van der Waals surface area contributed by atoms with Crippen LogP contribution in [-0.2, 0) is 11.2 Å². The molecule has 8 heteroatoms. The Balaban J connectivity index is 2.63. The lowest BCUT2D eigenvalue weighted by molar-refractivity contribution is -0.403. The molecule has 0 atom stereocenters. The van der Waals surface area contributed by atoms with Gasteiger partial charge in [0.05, 0.1) is 9.85 Å². The summed E-state index contributed by atoms with van der Waals surface area (Å²) >= 11 is 0. The van der Waals surface area contributed by atoms with Crippen molar-refractivity contribution in [3.8, 4) is 0 Å². The second-order valence-electron chi connectivity index (χ2n) is 4.03. The van der Waals surface area contributed by atoms with E-state index in [1.54, 1.807) is 12.1 Å². The number of benzene rings is 1. The average molecular weight is 280 g/mol. The number of non-ortho nitro benzene ring substituents is 1. The summed E-state index contributed by atoms with van der Waals surface area (Å²) in [5, 5.41) is 29.6. The Morgan fingerprint density at radius 2 is 2.00 bits per heavy atom. The van der Waals surface area contributed by atoms with Crippen LogP contribution in [0.5, 0.6) is 0 Å². The SMILES string of the molecule is O=C(O)C(=C[N+](=O)[O-])CCCc1cccc([N+](=O)[O-])c1. The summed E-state index contributed by atoms with van der Waals surface area (Å²) in [7, 11) is 0. The van der Waals surface area contributed by atoms with Crippen LogP contribution >= 0.6 is 0 Å². The predicted octanol–water partition coefficient (Wildman–Crippen LogP) is 2.16. The third kappa shape index (κ3) is 4.84. The van der Waals surface area contributed by atoms with Crippen molar-refractivity contribution in [3.63, 3.8) is 0 Å². The number of hydrogen-bond donors (Lipinski definition) is 1. The number of rotatable bonds is 7. The number of hydrogen-bond acceptors (Lipinski definition) is 5. The number of nitro benzene ring substituents is 1. The van der Waals surface area contributed by atoms with Gasteiger partial charge in [0.15, 0.2) is 0 Å². The minimum absolute atomic E-state index is 0.0268. The van der Waals surface area contributed by atoms with E-state index in [1.807, 2.05) is 0 Å². The van der Waals surface area contributed by atoms with E-state index in [4.69, 9.17) is 5.11 Å². The van der Waals surface area contributed by atoms with Gasteiger partial charge in [0.1, 0.15) is 5.57 Å². The maximum absolute atomic E-state index is 10.8. The highest BCUT2D eigenvalue weighted by molar-refractivity contribution is 5.86. The molecule has 8 nitrogen and oxygen atoms in total. The normalized spacial score (nSPS) is 11.1. The molecule has 0 saturated heterocycles. The van der Waals surface area contributed by atoms with Crippen LogP contribution in [0.1, 0.15) is 18.4 Å². The highest BCUT2D eigenvalue weighted by atomic mass is 16.6. The topological polar surface area (TPSA) is 124 Å². The van der Waals surface area contributed by atoms with Crippen molar-refractivity contribution in [1.29, 1.82) is 0 Å². The van der Waals surface area contributed by atoms with Gasteiger partial charge < -0.3 is 5.11 Å². The van der Waals surface area contributed by atoms with Crippen LogP contribution in [0.3, 0.4) is 0 Å². The number of carbonyl (C=O) groups is 1. The van der Waals surface area contributed by atoms with Gasteiger partial charge >= 0.3 is 5.97 Å². The first-order valence-electron chi connectivity index (χ1n) is 5.71. The molecule has 1 aromatic rings. The third-order valence-corrected chi connectivity index (χ3v) is 2.57. The second-order valence-corrected chi connectivity index (χ2v) is 4.03. The van der Waals surface area contributed by atoms with Gasteiger partial charge in [-0.2, -0.15) is 0 Å². The molecule has 106 valence electrons. The van der Waals surface area contributed by atoms with Crippen LogP contribution < -0.4 is 0 Å². The van der Waals surface area contributed by atoms with E-state index in [-0.39, 0.29) is 17.7 Å². The van der Waals surface area contributed by atoms with Gasteiger partial charge in [0, 0.05) is 12.1 Å². The monoisotopic (exact) mass is 280 g/mol. The maximum atomic E-state index is 10.8. The number of carboxylic acids is 1. The highest BCUT2D eigenvalue weighted by Crippen LogP contribution is 2.16. The smallest absolute Gasteiger partial charge is 0.337 e. The Hall–Kier alpha value is -2.77. The fourth-order valence-electron chi connectivity index (χ4n) is 1.66. The standard InChI is InChI=1S/C12H12N2O6/c15-12(16)10(8-13(17)18)5-1-3-9-4-2-6-11(7-9)14(19)20/h2,4,6-8H,1,3,5H2,(H,15,16). The molecule has 0 aromatic heterocycles. The Morgan fingerprint density at radius 1 is 1.30 bits per heavy atom. The van der Waals surface area contributed by atoms with Gasteiger partial charge in [-0.3, -0.25) is 20.2 Å². The zero-order valence-electron chi connectivity index (χ0n) is 10.4. The Bertz CT molecular complexity index is 567. The molecule has 0 saturated carbocycles. The summed E-state index contributed by atoms with van der Waals surface area (Å²) in [5.74, 6) is -1.33. The van der Waals surface area contributed by atoms with Crippen molar-refractivity contribution in [2.45, 2.75) is 19.3 Å². The zero-order chi connectivity index (χ0) is 15.1. The molecule has 0 heterocycles. The van der Waals surface area contributed by atoms with E-state index in [2.05, 4.69) is 0 Å². The summed E-state index contributed by atoms with van der Waals surface area (Å²) in [5.41, 5.74) is 0.354. The Labute approximate surface area is 113 Å². The third-order valence-electron chi connectivity index (χ3n) is 2.57. The van der Waals surface area contributed by atoms with Crippen LogP contribution in [0.4, 0.5) is 5.69 Å². The predicted molar refractivity (Wildman–Crippen MR) is 68.7 cm³/mol. The van der Waals surface area contributed by atoms with Crippen molar-refractivity contribution in [1.82, 2.24) is 0 Å². The molecule has 0 fully saturated rings. The average Bonchev–Trinajstić information content (AvgIpc) is 2.37. The molecule has 0 aliphatic rings. The van der Waals surface area contributed by atoms with E-state index < -0.39 is 15.8 Å². The Morgan fingerprint density at radius 3 is 2.55 bits per heavy atom. The first-order valence-corrected chi connectivity index (χ1v) is 5.71. The van der Waals surface area contributed by atoms with Crippen molar-refractivity contribution in [2.75, 3.05) is 0 Å². The second kappa shape index (κ2) is 6.98. The van der Waals surface area contributed by atoms with Crippen LogP contribution in [-0.4, -0.2) is 20.9 Å². The summed E-state index contributed by atoms with van der Waals surface area (Å²) in [4.78, 5) is 30.3. The molecule has 1 aromatic carbocycles. The van der Waals surface area contributed by atoms with Gasteiger partial charge in [-0.1, -0.05) is 12.1 Å². The lowest BCUT2D eigenvalue weighted by Gasteiger charge is -2.01.